The third-order valence-corrected chi connectivity index (χ3v) is 6.46. The molecule has 0 atom stereocenters. The van der Waals surface area contributed by atoms with Crippen LogP contribution in [0.1, 0.15) is 33.6 Å². The number of piperidine rings is 1. The summed E-state index contributed by atoms with van der Waals surface area (Å²) < 4.78 is 27.7. The summed E-state index contributed by atoms with van der Waals surface area (Å²) in [6.07, 6.45) is 1.57. The minimum Gasteiger partial charge on any atom is -0.298 e. The number of rotatable bonds is 3. The Hall–Kier alpha value is -0.330. The van der Waals surface area contributed by atoms with Crippen LogP contribution in [0, 0.1) is 0 Å². The minimum atomic E-state index is -3.65. The highest BCUT2D eigenvalue weighted by molar-refractivity contribution is 7.89. The Kier molecular flexibility index (Phi) is 5.45. The number of hydrogen-bond donors (Lipinski definition) is 1. The van der Waals surface area contributed by atoms with E-state index in [0.717, 1.165) is 25.9 Å². The quantitative estimate of drug-likeness (QED) is 0.892. The van der Waals surface area contributed by atoms with Gasteiger partial charge in [0.15, 0.2) is 0 Å². The first-order chi connectivity index (χ1) is 10.1. The van der Waals surface area contributed by atoms with Crippen LogP contribution < -0.4 is 4.72 Å². The zero-order chi connectivity index (χ0) is 16.5. The number of halogens is 2. The molecule has 0 spiro atoms. The lowest BCUT2D eigenvalue weighted by atomic mass is 9.99. The van der Waals surface area contributed by atoms with Crippen molar-refractivity contribution in [3.05, 3.63) is 28.2 Å². The van der Waals surface area contributed by atoms with Gasteiger partial charge in [-0.25, -0.2) is 13.1 Å². The molecule has 1 aliphatic rings. The molecule has 1 aromatic carbocycles. The van der Waals surface area contributed by atoms with Crippen molar-refractivity contribution in [2.45, 2.75) is 50.1 Å². The summed E-state index contributed by atoms with van der Waals surface area (Å²) in [4.78, 5) is 2.41. The van der Waals surface area contributed by atoms with Gasteiger partial charge in [0.25, 0.3) is 0 Å². The van der Waals surface area contributed by atoms with Crippen molar-refractivity contribution in [1.29, 1.82) is 0 Å². The van der Waals surface area contributed by atoms with Gasteiger partial charge in [0.2, 0.25) is 10.0 Å². The van der Waals surface area contributed by atoms with Crippen LogP contribution in [0.4, 0.5) is 0 Å². The monoisotopic (exact) mass is 364 g/mol. The van der Waals surface area contributed by atoms with Gasteiger partial charge in [-0.1, -0.05) is 29.3 Å². The fourth-order valence-electron chi connectivity index (χ4n) is 2.64. The molecule has 0 aliphatic carbocycles. The van der Waals surface area contributed by atoms with Crippen molar-refractivity contribution in [2.75, 3.05) is 13.1 Å². The van der Waals surface area contributed by atoms with Gasteiger partial charge in [0, 0.05) is 24.7 Å². The average molecular weight is 365 g/mol. The van der Waals surface area contributed by atoms with Gasteiger partial charge in [-0.05, 0) is 45.7 Å². The zero-order valence-electron chi connectivity index (χ0n) is 13.1. The van der Waals surface area contributed by atoms with E-state index in [0.29, 0.717) is 0 Å². The number of nitrogens with zero attached hydrogens (tertiary/aromatic N) is 1. The molecule has 4 nitrogen and oxygen atoms in total. The van der Waals surface area contributed by atoms with Gasteiger partial charge < -0.3 is 0 Å². The van der Waals surface area contributed by atoms with Crippen LogP contribution in [0.3, 0.4) is 0 Å². The van der Waals surface area contributed by atoms with E-state index in [2.05, 4.69) is 30.4 Å². The van der Waals surface area contributed by atoms with Gasteiger partial charge in [-0.15, -0.1) is 0 Å². The first-order valence-electron chi connectivity index (χ1n) is 7.32. The lowest BCUT2D eigenvalue weighted by molar-refractivity contribution is 0.100. The van der Waals surface area contributed by atoms with Crippen molar-refractivity contribution in [3.8, 4) is 0 Å². The molecule has 0 aromatic heterocycles. The molecule has 0 amide bonds. The molecule has 1 fully saturated rings. The summed E-state index contributed by atoms with van der Waals surface area (Å²) in [7, 11) is -3.65. The first-order valence-corrected chi connectivity index (χ1v) is 9.56. The Labute approximate surface area is 142 Å². The van der Waals surface area contributed by atoms with Crippen molar-refractivity contribution < 1.29 is 8.42 Å². The van der Waals surface area contributed by atoms with Crippen molar-refractivity contribution >= 4 is 33.2 Å². The molecule has 1 heterocycles. The van der Waals surface area contributed by atoms with E-state index in [9.17, 15) is 8.42 Å². The SMILES string of the molecule is CC(C)(C)N1CCC(NS(=O)(=O)c2cccc(Cl)c2Cl)CC1. The molecular formula is C15H22Cl2N2O2S. The molecule has 1 aliphatic heterocycles. The summed E-state index contributed by atoms with van der Waals surface area (Å²) in [5.74, 6) is 0. The van der Waals surface area contributed by atoms with E-state index >= 15 is 0 Å². The average Bonchev–Trinajstić information content (AvgIpc) is 2.40. The number of sulfonamides is 1. The molecule has 1 saturated heterocycles. The van der Waals surface area contributed by atoms with E-state index in [1.807, 2.05) is 0 Å². The topological polar surface area (TPSA) is 49.4 Å². The van der Waals surface area contributed by atoms with Crippen LogP contribution in [-0.4, -0.2) is 38.0 Å². The maximum atomic E-state index is 12.5. The van der Waals surface area contributed by atoms with Crippen LogP contribution in [0.25, 0.3) is 0 Å². The van der Waals surface area contributed by atoms with Crippen LogP contribution >= 0.6 is 23.2 Å². The predicted molar refractivity (Wildman–Crippen MR) is 91.1 cm³/mol. The summed E-state index contributed by atoms with van der Waals surface area (Å²) in [6.45, 7) is 8.26. The highest BCUT2D eigenvalue weighted by Crippen LogP contribution is 2.29. The largest absolute Gasteiger partial charge is 0.298 e. The van der Waals surface area contributed by atoms with Crippen molar-refractivity contribution in [1.82, 2.24) is 9.62 Å². The highest BCUT2D eigenvalue weighted by atomic mass is 35.5. The highest BCUT2D eigenvalue weighted by Gasteiger charge is 2.30. The second-order valence-corrected chi connectivity index (χ2v) is 9.07. The van der Waals surface area contributed by atoms with Crippen LogP contribution in [0.2, 0.25) is 10.0 Å². The van der Waals surface area contributed by atoms with E-state index in [1.54, 1.807) is 12.1 Å². The number of benzene rings is 1. The fourth-order valence-corrected chi connectivity index (χ4v) is 4.71. The Morgan fingerprint density at radius 3 is 2.32 bits per heavy atom. The standard InChI is InChI=1S/C15H22Cl2N2O2S/c1-15(2,3)19-9-7-11(8-10-19)18-22(20,21)13-6-4-5-12(16)14(13)17/h4-6,11,18H,7-10H2,1-3H3. The molecule has 2 rings (SSSR count). The molecule has 0 saturated carbocycles. The van der Waals surface area contributed by atoms with E-state index in [-0.39, 0.29) is 26.5 Å². The van der Waals surface area contributed by atoms with Gasteiger partial charge in [-0.3, -0.25) is 4.90 Å². The Morgan fingerprint density at radius 2 is 1.77 bits per heavy atom. The van der Waals surface area contributed by atoms with Crippen molar-refractivity contribution in [3.63, 3.8) is 0 Å². The molecule has 124 valence electrons. The van der Waals surface area contributed by atoms with Crippen LogP contribution in [0.15, 0.2) is 23.1 Å². The van der Waals surface area contributed by atoms with Crippen molar-refractivity contribution in [2.24, 2.45) is 0 Å². The fraction of sp³-hybridized carbons (Fsp3) is 0.600. The predicted octanol–water partition coefficient (Wildman–Crippen LogP) is 3.53. The lowest BCUT2D eigenvalue weighted by Crippen LogP contribution is -2.50. The maximum absolute atomic E-state index is 12.5. The number of likely N-dealkylation sites (tertiary alicyclic amines) is 1. The summed E-state index contributed by atoms with van der Waals surface area (Å²) in [5, 5.41) is 0.316. The second-order valence-electron chi connectivity index (χ2n) is 6.61. The maximum Gasteiger partial charge on any atom is 0.242 e. The first kappa shape index (κ1) is 18.0. The summed E-state index contributed by atoms with van der Waals surface area (Å²) >= 11 is 11.9. The van der Waals surface area contributed by atoms with Gasteiger partial charge >= 0.3 is 0 Å². The Balaban J connectivity index is 2.07. The Morgan fingerprint density at radius 1 is 1.18 bits per heavy atom. The van der Waals surface area contributed by atoms with Gasteiger partial charge in [-0.2, -0.15) is 0 Å². The summed E-state index contributed by atoms with van der Waals surface area (Å²) in [5.41, 5.74) is 0.111. The normalized spacial score (nSPS) is 18.6. The molecule has 1 N–H and O–H groups in total. The molecule has 22 heavy (non-hydrogen) atoms. The van der Waals surface area contributed by atoms with E-state index in [1.165, 1.54) is 6.07 Å². The number of hydrogen-bond acceptors (Lipinski definition) is 3. The molecule has 0 unspecified atom stereocenters. The van der Waals surface area contributed by atoms with Crippen LogP contribution in [0.5, 0.6) is 0 Å². The summed E-state index contributed by atoms with van der Waals surface area (Å²) in [6, 6.07) is 4.56. The van der Waals surface area contributed by atoms with E-state index < -0.39 is 10.0 Å². The third kappa shape index (κ3) is 4.15. The Bertz CT molecular complexity index is 633. The molecular weight excluding hydrogens is 343 g/mol. The molecule has 7 heteroatoms. The minimum absolute atomic E-state index is 0.0416. The van der Waals surface area contributed by atoms with E-state index in [4.69, 9.17) is 23.2 Å². The second kappa shape index (κ2) is 6.65. The molecule has 0 radical (unpaired) electrons. The van der Waals surface area contributed by atoms with Gasteiger partial charge in [0.05, 0.1) is 10.0 Å². The zero-order valence-corrected chi connectivity index (χ0v) is 15.4. The molecule has 1 aromatic rings. The smallest absolute Gasteiger partial charge is 0.242 e. The lowest BCUT2D eigenvalue weighted by Gasteiger charge is -2.40. The molecule has 0 bridgehead atoms. The third-order valence-electron chi connectivity index (χ3n) is 3.97. The van der Waals surface area contributed by atoms with Crippen LogP contribution in [-0.2, 0) is 10.0 Å². The van der Waals surface area contributed by atoms with Gasteiger partial charge in [0.1, 0.15) is 4.90 Å². The number of nitrogens with one attached hydrogen (secondary N) is 1.